The standard InChI is InChI=1S/C15H27NO/c1-6-15(17)16(7-2)12-11-14(5)10-8-9-13(3)4/h9,11H,6-8,10,12H2,1-5H3/b14-11+. The van der Waals surface area contributed by atoms with Gasteiger partial charge in [0.1, 0.15) is 0 Å². The van der Waals surface area contributed by atoms with Crippen LogP contribution in [0.5, 0.6) is 0 Å². The van der Waals surface area contributed by atoms with Crippen LogP contribution in [0.4, 0.5) is 0 Å². The second kappa shape index (κ2) is 9.03. The van der Waals surface area contributed by atoms with Crippen LogP contribution in [0.25, 0.3) is 0 Å². The predicted molar refractivity (Wildman–Crippen MR) is 75.0 cm³/mol. The first-order valence-electron chi connectivity index (χ1n) is 6.58. The van der Waals surface area contributed by atoms with Gasteiger partial charge in [0, 0.05) is 19.5 Å². The lowest BCUT2D eigenvalue weighted by Crippen LogP contribution is -2.30. The van der Waals surface area contributed by atoms with Crippen molar-refractivity contribution in [3.05, 3.63) is 23.3 Å². The summed E-state index contributed by atoms with van der Waals surface area (Å²) in [6.45, 7) is 11.9. The summed E-state index contributed by atoms with van der Waals surface area (Å²) in [7, 11) is 0. The Morgan fingerprint density at radius 2 is 1.76 bits per heavy atom. The SMILES string of the molecule is CCC(=O)N(CC)C/C=C(\C)CCC=C(C)C. The number of likely N-dealkylation sites (N-methyl/N-ethyl adjacent to an activating group) is 1. The van der Waals surface area contributed by atoms with Crippen molar-refractivity contribution in [2.45, 2.75) is 53.9 Å². The Morgan fingerprint density at radius 3 is 2.24 bits per heavy atom. The molecule has 0 aromatic heterocycles. The highest BCUT2D eigenvalue weighted by Gasteiger charge is 2.06. The molecule has 0 aliphatic carbocycles. The number of carbonyl (C=O) groups excluding carboxylic acids is 1. The molecule has 17 heavy (non-hydrogen) atoms. The van der Waals surface area contributed by atoms with Crippen molar-refractivity contribution in [3.63, 3.8) is 0 Å². The summed E-state index contributed by atoms with van der Waals surface area (Å²) in [5.74, 6) is 0.237. The molecule has 0 bridgehead atoms. The van der Waals surface area contributed by atoms with Gasteiger partial charge in [-0.2, -0.15) is 0 Å². The van der Waals surface area contributed by atoms with E-state index < -0.39 is 0 Å². The van der Waals surface area contributed by atoms with E-state index in [0.717, 1.165) is 25.9 Å². The number of allylic oxidation sites excluding steroid dienone is 3. The molecule has 0 saturated heterocycles. The Kier molecular flexibility index (Phi) is 8.47. The van der Waals surface area contributed by atoms with Crippen LogP contribution >= 0.6 is 0 Å². The van der Waals surface area contributed by atoms with Crippen molar-refractivity contribution in [2.75, 3.05) is 13.1 Å². The minimum absolute atomic E-state index is 0.237. The fourth-order valence-electron chi connectivity index (χ4n) is 1.59. The monoisotopic (exact) mass is 237 g/mol. The van der Waals surface area contributed by atoms with Crippen molar-refractivity contribution in [2.24, 2.45) is 0 Å². The molecule has 0 aromatic rings. The van der Waals surface area contributed by atoms with Crippen LogP contribution in [-0.4, -0.2) is 23.9 Å². The molecule has 0 spiro atoms. The zero-order valence-corrected chi connectivity index (χ0v) is 12.0. The summed E-state index contributed by atoms with van der Waals surface area (Å²) in [4.78, 5) is 13.4. The average Bonchev–Trinajstić information content (AvgIpc) is 2.28. The molecule has 0 radical (unpaired) electrons. The molecule has 0 aromatic carbocycles. The summed E-state index contributed by atoms with van der Waals surface area (Å²) >= 11 is 0. The third kappa shape index (κ3) is 7.78. The molecule has 0 N–H and O–H groups in total. The Labute approximate surface area is 106 Å². The Bertz CT molecular complexity index is 285. The fourth-order valence-corrected chi connectivity index (χ4v) is 1.59. The number of hydrogen-bond donors (Lipinski definition) is 0. The van der Waals surface area contributed by atoms with Gasteiger partial charge in [0.25, 0.3) is 0 Å². The Hall–Kier alpha value is -1.05. The fraction of sp³-hybridized carbons (Fsp3) is 0.667. The minimum atomic E-state index is 0.237. The lowest BCUT2D eigenvalue weighted by Gasteiger charge is -2.18. The molecule has 1 amide bonds. The van der Waals surface area contributed by atoms with Gasteiger partial charge in [-0.1, -0.05) is 30.2 Å². The zero-order chi connectivity index (χ0) is 13.3. The highest BCUT2D eigenvalue weighted by Crippen LogP contribution is 2.07. The number of nitrogens with zero attached hydrogens (tertiary/aromatic N) is 1. The molecule has 2 nitrogen and oxygen atoms in total. The normalized spacial score (nSPS) is 11.2. The first-order chi connectivity index (χ1) is 8.01. The van der Waals surface area contributed by atoms with Crippen molar-refractivity contribution >= 4 is 5.91 Å². The average molecular weight is 237 g/mol. The van der Waals surface area contributed by atoms with Gasteiger partial charge in [-0.3, -0.25) is 4.79 Å². The molecular weight excluding hydrogens is 210 g/mol. The van der Waals surface area contributed by atoms with Gasteiger partial charge in [-0.25, -0.2) is 0 Å². The smallest absolute Gasteiger partial charge is 0.222 e. The van der Waals surface area contributed by atoms with E-state index in [1.807, 2.05) is 18.7 Å². The van der Waals surface area contributed by atoms with Crippen LogP contribution in [0.3, 0.4) is 0 Å². The van der Waals surface area contributed by atoms with E-state index in [4.69, 9.17) is 0 Å². The molecule has 0 atom stereocenters. The van der Waals surface area contributed by atoms with E-state index in [1.54, 1.807) is 0 Å². The first kappa shape index (κ1) is 16.0. The van der Waals surface area contributed by atoms with Gasteiger partial charge in [-0.05, 0) is 40.5 Å². The summed E-state index contributed by atoms with van der Waals surface area (Å²) in [5, 5.41) is 0. The Balaban J connectivity index is 4.11. The van der Waals surface area contributed by atoms with Crippen LogP contribution in [0.2, 0.25) is 0 Å². The van der Waals surface area contributed by atoms with Crippen LogP contribution in [-0.2, 0) is 4.79 Å². The van der Waals surface area contributed by atoms with E-state index in [0.29, 0.717) is 6.42 Å². The summed E-state index contributed by atoms with van der Waals surface area (Å²) in [5.41, 5.74) is 2.74. The number of hydrogen-bond acceptors (Lipinski definition) is 1. The third-order valence-electron chi connectivity index (χ3n) is 2.79. The van der Waals surface area contributed by atoms with E-state index in [9.17, 15) is 4.79 Å². The molecule has 0 unspecified atom stereocenters. The van der Waals surface area contributed by atoms with E-state index in [1.165, 1.54) is 11.1 Å². The molecule has 0 aliphatic heterocycles. The maximum absolute atomic E-state index is 11.5. The van der Waals surface area contributed by atoms with Crippen LogP contribution in [0.1, 0.15) is 53.9 Å². The van der Waals surface area contributed by atoms with Crippen LogP contribution in [0.15, 0.2) is 23.3 Å². The van der Waals surface area contributed by atoms with Crippen LogP contribution in [0, 0.1) is 0 Å². The van der Waals surface area contributed by atoms with Gasteiger partial charge in [0.2, 0.25) is 5.91 Å². The summed E-state index contributed by atoms with van der Waals surface area (Å²) in [6, 6.07) is 0. The predicted octanol–water partition coefficient (Wildman–Crippen LogP) is 3.94. The van der Waals surface area contributed by atoms with Crippen molar-refractivity contribution < 1.29 is 4.79 Å². The minimum Gasteiger partial charge on any atom is -0.339 e. The second-order valence-electron chi connectivity index (χ2n) is 4.66. The van der Waals surface area contributed by atoms with Crippen molar-refractivity contribution in [3.8, 4) is 0 Å². The number of rotatable bonds is 7. The largest absolute Gasteiger partial charge is 0.339 e. The van der Waals surface area contributed by atoms with Crippen molar-refractivity contribution in [1.82, 2.24) is 4.90 Å². The Morgan fingerprint density at radius 1 is 1.12 bits per heavy atom. The molecule has 2 heteroatoms. The highest BCUT2D eigenvalue weighted by molar-refractivity contribution is 5.75. The molecule has 0 saturated carbocycles. The second-order valence-corrected chi connectivity index (χ2v) is 4.66. The molecule has 0 aliphatic rings. The lowest BCUT2D eigenvalue weighted by atomic mass is 10.1. The lowest BCUT2D eigenvalue weighted by molar-refractivity contribution is -0.130. The topological polar surface area (TPSA) is 20.3 Å². The maximum Gasteiger partial charge on any atom is 0.222 e. The van der Waals surface area contributed by atoms with Gasteiger partial charge in [0.05, 0.1) is 0 Å². The van der Waals surface area contributed by atoms with Gasteiger partial charge in [-0.15, -0.1) is 0 Å². The number of amides is 1. The maximum atomic E-state index is 11.5. The molecule has 0 rings (SSSR count). The van der Waals surface area contributed by atoms with E-state index in [-0.39, 0.29) is 5.91 Å². The molecular formula is C15H27NO. The quantitative estimate of drug-likeness (QED) is 0.614. The summed E-state index contributed by atoms with van der Waals surface area (Å²) < 4.78 is 0. The van der Waals surface area contributed by atoms with Gasteiger partial charge < -0.3 is 4.90 Å². The highest BCUT2D eigenvalue weighted by atomic mass is 16.2. The first-order valence-corrected chi connectivity index (χ1v) is 6.58. The van der Waals surface area contributed by atoms with E-state index in [2.05, 4.69) is 32.9 Å². The van der Waals surface area contributed by atoms with Crippen LogP contribution < -0.4 is 0 Å². The van der Waals surface area contributed by atoms with E-state index >= 15 is 0 Å². The zero-order valence-electron chi connectivity index (χ0n) is 12.0. The van der Waals surface area contributed by atoms with Crippen molar-refractivity contribution in [1.29, 1.82) is 0 Å². The summed E-state index contributed by atoms with van der Waals surface area (Å²) in [6.07, 6.45) is 7.21. The van der Waals surface area contributed by atoms with Gasteiger partial charge in [0.15, 0.2) is 0 Å². The molecule has 98 valence electrons. The third-order valence-corrected chi connectivity index (χ3v) is 2.79. The molecule has 0 fully saturated rings. The molecule has 0 heterocycles. The van der Waals surface area contributed by atoms with Gasteiger partial charge >= 0.3 is 0 Å². The number of carbonyl (C=O) groups is 1.